The van der Waals surface area contributed by atoms with Crippen LogP contribution in [-0.4, -0.2) is 26.5 Å². The molecule has 2 rings (SSSR count). The van der Waals surface area contributed by atoms with Gasteiger partial charge in [-0.25, -0.2) is 13.1 Å². The van der Waals surface area contributed by atoms with E-state index >= 15 is 0 Å². The quantitative estimate of drug-likeness (QED) is 0.694. The average Bonchev–Trinajstić information content (AvgIpc) is 3.07. The van der Waals surface area contributed by atoms with Crippen LogP contribution in [0.1, 0.15) is 17.5 Å². The maximum absolute atomic E-state index is 12.1. The Balaban J connectivity index is 1.90. The lowest BCUT2D eigenvalue weighted by Gasteiger charge is -2.03. The van der Waals surface area contributed by atoms with Crippen LogP contribution >= 0.6 is 11.3 Å². The van der Waals surface area contributed by atoms with Crippen LogP contribution < -0.4 is 10.0 Å². The molecular weight excluding hydrogens is 294 g/mol. The maximum Gasteiger partial charge on any atom is 0.242 e. The number of thiophene rings is 1. The summed E-state index contributed by atoms with van der Waals surface area (Å²) in [5, 5.41) is 5.14. The van der Waals surface area contributed by atoms with E-state index in [0.29, 0.717) is 19.5 Å². The predicted molar refractivity (Wildman–Crippen MR) is 81.4 cm³/mol. The summed E-state index contributed by atoms with van der Waals surface area (Å²) in [6.07, 6.45) is 2.24. The number of aromatic amines is 1. The van der Waals surface area contributed by atoms with Crippen LogP contribution in [0.2, 0.25) is 0 Å². The van der Waals surface area contributed by atoms with E-state index in [1.807, 2.05) is 24.4 Å². The summed E-state index contributed by atoms with van der Waals surface area (Å²) < 4.78 is 26.8. The van der Waals surface area contributed by atoms with Crippen molar-refractivity contribution in [2.24, 2.45) is 0 Å². The van der Waals surface area contributed by atoms with Crippen LogP contribution in [0.4, 0.5) is 0 Å². The Labute approximate surface area is 123 Å². The molecule has 2 aromatic heterocycles. The fourth-order valence-electron chi connectivity index (χ4n) is 1.78. The molecule has 20 heavy (non-hydrogen) atoms. The summed E-state index contributed by atoms with van der Waals surface area (Å²) >= 11 is 1.63. The third-order valence-electron chi connectivity index (χ3n) is 2.84. The van der Waals surface area contributed by atoms with Gasteiger partial charge in [0, 0.05) is 29.9 Å². The van der Waals surface area contributed by atoms with Gasteiger partial charge in [0.2, 0.25) is 10.0 Å². The monoisotopic (exact) mass is 313 g/mol. The molecule has 0 bridgehead atoms. The Kier molecular flexibility index (Phi) is 5.36. The first-order valence-electron chi connectivity index (χ1n) is 6.52. The molecule has 0 aliphatic rings. The molecule has 2 heterocycles. The van der Waals surface area contributed by atoms with Crippen LogP contribution in [0.25, 0.3) is 0 Å². The van der Waals surface area contributed by atoms with Crippen LogP contribution in [0, 0.1) is 0 Å². The number of nitrogens with one attached hydrogen (secondary N) is 3. The lowest BCUT2D eigenvalue weighted by molar-refractivity contribution is 0.582. The number of rotatable bonds is 8. The highest BCUT2D eigenvalue weighted by Gasteiger charge is 2.15. The zero-order valence-electron chi connectivity index (χ0n) is 11.3. The molecule has 0 fully saturated rings. The highest BCUT2D eigenvalue weighted by atomic mass is 32.2. The Hall–Kier alpha value is -1.15. The first-order chi connectivity index (χ1) is 9.62. The Morgan fingerprint density at radius 3 is 2.95 bits per heavy atom. The van der Waals surface area contributed by atoms with Crippen molar-refractivity contribution in [2.75, 3.05) is 13.1 Å². The smallest absolute Gasteiger partial charge is 0.242 e. The molecule has 5 nitrogen and oxygen atoms in total. The Morgan fingerprint density at radius 2 is 2.25 bits per heavy atom. The maximum atomic E-state index is 12.1. The minimum absolute atomic E-state index is 0.289. The van der Waals surface area contributed by atoms with E-state index in [1.165, 1.54) is 11.1 Å². The SMILES string of the molecule is CCNCc1cc(S(=O)(=O)NCCc2cccs2)c[nH]1. The zero-order valence-corrected chi connectivity index (χ0v) is 13.0. The fourth-order valence-corrected chi connectivity index (χ4v) is 3.54. The van der Waals surface area contributed by atoms with Crippen molar-refractivity contribution in [1.82, 2.24) is 15.0 Å². The van der Waals surface area contributed by atoms with Crippen molar-refractivity contribution in [3.63, 3.8) is 0 Å². The topological polar surface area (TPSA) is 74.0 Å². The van der Waals surface area contributed by atoms with Gasteiger partial charge in [0.1, 0.15) is 0 Å². The molecule has 2 aromatic rings. The summed E-state index contributed by atoms with van der Waals surface area (Å²) in [6.45, 7) is 3.91. The average molecular weight is 313 g/mol. The van der Waals surface area contributed by atoms with E-state index in [4.69, 9.17) is 0 Å². The molecule has 0 saturated carbocycles. The third-order valence-corrected chi connectivity index (χ3v) is 5.21. The predicted octanol–water partition coefficient (Wildman–Crippen LogP) is 1.71. The Bertz CT molecular complexity index is 618. The lowest BCUT2D eigenvalue weighted by atomic mass is 10.3. The molecule has 7 heteroatoms. The summed E-state index contributed by atoms with van der Waals surface area (Å²) in [5.74, 6) is 0. The summed E-state index contributed by atoms with van der Waals surface area (Å²) in [7, 11) is -3.42. The van der Waals surface area contributed by atoms with Gasteiger partial charge in [0.25, 0.3) is 0 Å². The summed E-state index contributed by atoms with van der Waals surface area (Å²) in [4.78, 5) is 4.44. The highest BCUT2D eigenvalue weighted by molar-refractivity contribution is 7.89. The second-order valence-electron chi connectivity index (χ2n) is 4.37. The van der Waals surface area contributed by atoms with Gasteiger partial charge in [-0.15, -0.1) is 11.3 Å². The van der Waals surface area contributed by atoms with Gasteiger partial charge < -0.3 is 10.3 Å². The largest absolute Gasteiger partial charge is 0.363 e. The van der Waals surface area contributed by atoms with Gasteiger partial charge in [-0.3, -0.25) is 0 Å². The normalized spacial score (nSPS) is 11.8. The molecule has 0 saturated heterocycles. The van der Waals surface area contributed by atoms with Gasteiger partial charge in [-0.05, 0) is 30.5 Å². The van der Waals surface area contributed by atoms with Crippen molar-refractivity contribution in [3.8, 4) is 0 Å². The minimum atomic E-state index is -3.42. The minimum Gasteiger partial charge on any atom is -0.363 e. The van der Waals surface area contributed by atoms with Gasteiger partial charge in [0.05, 0.1) is 4.90 Å². The van der Waals surface area contributed by atoms with Crippen molar-refractivity contribution < 1.29 is 8.42 Å². The number of sulfonamides is 1. The van der Waals surface area contributed by atoms with Crippen LogP contribution in [-0.2, 0) is 23.0 Å². The second kappa shape index (κ2) is 7.03. The number of hydrogen-bond acceptors (Lipinski definition) is 4. The van der Waals surface area contributed by atoms with Gasteiger partial charge in [-0.1, -0.05) is 13.0 Å². The molecule has 3 N–H and O–H groups in total. The second-order valence-corrected chi connectivity index (χ2v) is 7.17. The van der Waals surface area contributed by atoms with E-state index < -0.39 is 10.0 Å². The first kappa shape index (κ1) is 15.2. The van der Waals surface area contributed by atoms with E-state index in [-0.39, 0.29) is 4.90 Å². The standard InChI is InChI=1S/C13H19N3O2S2/c1-2-14-9-11-8-13(10-15-11)20(17,18)16-6-5-12-4-3-7-19-12/h3-4,7-8,10,14-16H,2,5-6,9H2,1H3. The van der Waals surface area contributed by atoms with Crippen molar-refractivity contribution >= 4 is 21.4 Å². The summed E-state index contributed by atoms with van der Waals surface area (Å²) in [6, 6.07) is 5.63. The molecule has 110 valence electrons. The van der Waals surface area contributed by atoms with Crippen LogP contribution in [0.5, 0.6) is 0 Å². The first-order valence-corrected chi connectivity index (χ1v) is 8.88. The van der Waals surface area contributed by atoms with Gasteiger partial charge in [-0.2, -0.15) is 0 Å². The van der Waals surface area contributed by atoms with E-state index in [0.717, 1.165) is 12.2 Å². The molecule has 0 atom stereocenters. The molecule has 0 unspecified atom stereocenters. The number of hydrogen-bond donors (Lipinski definition) is 3. The zero-order chi connectivity index (χ0) is 14.4. The summed E-state index contributed by atoms with van der Waals surface area (Å²) in [5.41, 5.74) is 0.866. The highest BCUT2D eigenvalue weighted by Crippen LogP contribution is 2.12. The molecule has 0 aliphatic carbocycles. The number of aromatic nitrogens is 1. The molecular formula is C13H19N3O2S2. The van der Waals surface area contributed by atoms with Gasteiger partial charge >= 0.3 is 0 Å². The molecule has 0 amide bonds. The molecule has 0 radical (unpaired) electrons. The molecule has 0 aromatic carbocycles. The van der Waals surface area contributed by atoms with Crippen molar-refractivity contribution in [3.05, 3.63) is 40.3 Å². The van der Waals surface area contributed by atoms with Crippen LogP contribution in [0.15, 0.2) is 34.7 Å². The fraction of sp³-hybridized carbons (Fsp3) is 0.385. The molecule has 0 spiro atoms. The van der Waals surface area contributed by atoms with Crippen LogP contribution in [0.3, 0.4) is 0 Å². The number of H-pyrrole nitrogens is 1. The lowest BCUT2D eigenvalue weighted by Crippen LogP contribution is -2.25. The Morgan fingerprint density at radius 1 is 1.40 bits per heavy atom. The van der Waals surface area contributed by atoms with E-state index in [1.54, 1.807) is 17.4 Å². The van der Waals surface area contributed by atoms with Crippen molar-refractivity contribution in [2.45, 2.75) is 24.8 Å². The van der Waals surface area contributed by atoms with E-state index in [9.17, 15) is 8.42 Å². The van der Waals surface area contributed by atoms with Crippen molar-refractivity contribution in [1.29, 1.82) is 0 Å². The third kappa shape index (κ3) is 4.17. The molecule has 0 aliphatic heterocycles. The van der Waals surface area contributed by atoms with E-state index in [2.05, 4.69) is 15.0 Å². The van der Waals surface area contributed by atoms with Gasteiger partial charge in [0.15, 0.2) is 0 Å².